The average Bonchev–Trinajstić information content (AvgIpc) is 2.59. The van der Waals surface area contributed by atoms with Crippen LogP contribution in [-0.2, 0) is 11.3 Å². The van der Waals surface area contributed by atoms with Crippen molar-refractivity contribution in [2.24, 2.45) is 16.6 Å². The number of hydrogen-bond donors (Lipinski definition) is 2. The van der Waals surface area contributed by atoms with Gasteiger partial charge in [0.15, 0.2) is 5.96 Å². The van der Waals surface area contributed by atoms with Gasteiger partial charge in [0.1, 0.15) is 5.82 Å². The highest BCUT2D eigenvalue weighted by Gasteiger charge is 2.23. The van der Waals surface area contributed by atoms with Gasteiger partial charge in [-0.05, 0) is 43.9 Å². The Balaban J connectivity index is 0.00000338. The van der Waals surface area contributed by atoms with Gasteiger partial charge in [-0.1, -0.05) is 0 Å². The minimum atomic E-state index is -0.371. The molecule has 1 saturated heterocycles. The molecule has 1 aliphatic heterocycles. The Kier molecular flexibility index (Phi) is 9.34. The molecular formula is C18H25FIN5O. The molecule has 8 heteroatoms. The number of aliphatic imine (C=N–C) groups is 1. The van der Waals surface area contributed by atoms with Crippen LogP contribution in [0.1, 0.15) is 37.3 Å². The summed E-state index contributed by atoms with van der Waals surface area (Å²) >= 11 is 0. The van der Waals surface area contributed by atoms with Crippen molar-refractivity contribution in [3.63, 3.8) is 0 Å². The molecule has 1 atom stereocenters. The fraction of sp³-hybridized carbons (Fsp3) is 0.500. The lowest BCUT2D eigenvalue weighted by Crippen LogP contribution is -2.47. The summed E-state index contributed by atoms with van der Waals surface area (Å²) in [4.78, 5) is 17.8. The predicted octanol–water partition coefficient (Wildman–Crippen LogP) is 2.37. The molecule has 6 nitrogen and oxygen atoms in total. The van der Waals surface area contributed by atoms with E-state index in [1.54, 1.807) is 0 Å². The molecule has 0 aliphatic carbocycles. The molecule has 0 aromatic heterocycles. The van der Waals surface area contributed by atoms with E-state index in [-0.39, 0.29) is 48.2 Å². The van der Waals surface area contributed by atoms with Crippen molar-refractivity contribution in [2.45, 2.75) is 32.7 Å². The van der Waals surface area contributed by atoms with E-state index >= 15 is 0 Å². The highest BCUT2D eigenvalue weighted by molar-refractivity contribution is 14.0. The predicted molar refractivity (Wildman–Crippen MR) is 109 cm³/mol. The lowest BCUT2D eigenvalue weighted by molar-refractivity contribution is -0.119. The zero-order valence-electron chi connectivity index (χ0n) is 14.9. The number of halogens is 2. The fourth-order valence-electron chi connectivity index (χ4n) is 3.06. The van der Waals surface area contributed by atoms with Gasteiger partial charge in [0.25, 0.3) is 0 Å². The van der Waals surface area contributed by atoms with E-state index in [9.17, 15) is 9.18 Å². The Bertz CT molecular complexity index is 689. The summed E-state index contributed by atoms with van der Waals surface area (Å²) in [5, 5.41) is 12.2. The molecule has 1 unspecified atom stereocenters. The highest BCUT2D eigenvalue weighted by Crippen LogP contribution is 2.20. The van der Waals surface area contributed by atoms with Gasteiger partial charge in [-0.15, -0.1) is 24.0 Å². The number of piperidine rings is 1. The number of guanidine groups is 1. The van der Waals surface area contributed by atoms with Crippen molar-refractivity contribution >= 4 is 35.8 Å². The molecular weight excluding hydrogens is 448 g/mol. The number of hydrogen-bond acceptors (Lipinski definition) is 3. The molecule has 1 aliphatic rings. The van der Waals surface area contributed by atoms with Gasteiger partial charge in [-0.25, -0.2) is 9.38 Å². The summed E-state index contributed by atoms with van der Waals surface area (Å²) in [7, 11) is 0. The van der Waals surface area contributed by atoms with Crippen LogP contribution in [0.2, 0.25) is 0 Å². The normalized spacial score (nSPS) is 17.2. The van der Waals surface area contributed by atoms with Crippen LogP contribution >= 0.6 is 24.0 Å². The molecule has 2 rings (SSSR count). The second-order valence-electron chi connectivity index (χ2n) is 6.21. The number of nitrogens with two attached hydrogens (primary N) is 1. The number of nitrogens with one attached hydrogen (secondary N) is 1. The maximum Gasteiger partial charge on any atom is 0.217 e. The average molecular weight is 473 g/mol. The lowest BCUT2D eigenvalue weighted by atomic mass is 9.95. The number of carbonyl (C=O) groups excluding carboxylic acids is 1. The molecule has 3 N–H and O–H groups in total. The van der Waals surface area contributed by atoms with Crippen molar-refractivity contribution in [3.05, 3.63) is 35.1 Å². The molecule has 1 aromatic rings. The summed E-state index contributed by atoms with van der Waals surface area (Å²) in [6.07, 6.45) is 2.30. The smallest absolute Gasteiger partial charge is 0.217 e. The summed E-state index contributed by atoms with van der Waals surface area (Å²) in [5.74, 6) is 0.250. The zero-order chi connectivity index (χ0) is 18.2. The van der Waals surface area contributed by atoms with Crippen LogP contribution in [-0.4, -0.2) is 36.4 Å². The van der Waals surface area contributed by atoms with Crippen molar-refractivity contribution in [1.82, 2.24) is 10.2 Å². The van der Waals surface area contributed by atoms with Gasteiger partial charge in [-0.2, -0.15) is 5.26 Å². The van der Waals surface area contributed by atoms with Gasteiger partial charge in [0.2, 0.25) is 5.91 Å². The maximum atomic E-state index is 13.9. The zero-order valence-corrected chi connectivity index (χ0v) is 17.2. The van der Waals surface area contributed by atoms with E-state index in [4.69, 9.17) is 11.0 Å². The van der Waals surface area contributed by atoms with E-state index < -0.39 is 0 Å². The van der Waals surface area contributed by atoms with Crippen LogP contribution in [0.5, 0.6) is 0 Å². The Hall–Kier alpha value is -1.89. The summed E-state index contributed by atoms with van der Waals surface area (Å²) in [5.41, 5.74) is 6.11. The molecule has 142 valence electrons. The first-order valence-corrected chi connectivity index (χ1v) is 8.53. The molecule has 0 radical (unpaired) electrons. The van der Waals surface area contributed by atoms with Gasteiger partial charge in [0.05, 0.1) is 18.2 Å². The van der Waals surface area contributed by atoms with Crippen molar-refractivity contribution in [1.29, 1.82) is 5.26 Å². The van der Waals surface area contributed by atoms with E-state index in [0.717, 1.165) is 19.4 Å². The lowest BCUT2D eigenvalue weighted by Gasteiger charge is -2.34. The first-order valence-electron chi connectivity index (χ1n) is 8.53. The number of likely N-dealkylation sites (tertiary alicyclic amines) is 1. The molecule has 0 spiro atoms. The maximum absolute atomic E-state index is 13.9. The number of primary amides is 1. The summed E-state index contributed by atoms with van der Waals surface area (Å²) in [6.45, 7) is 4.35. The van der Waals surface area contributed by atoms with E-state index in [1.807, 2.05) is 13.0 Å². The third-order valence-electron chi connectivity index (χ3n) is 4.22. The number of benzene rings is 1. The SMILES string of the molecule is CCNC(=NCc1cc(C#N)ccc1F)N1CCCC(CC(N)=O)C1.I. The van der Waals surface area contributed by atoms with Gasteiger partial charge in [0, 0.05) is 31.6 Å². The largest absolute Gasteiger partial charge is 0.370 e. The van der Waals surface area contributed by atoms with Crippen LogP contribution in [0.15, 0.2) is 23.2 Å². The number of rotatable bonds is 5. The summed E-state index contributed by atoms with van der Waals surface area (Å²) < 4.78 is 13.9. The Morgan fingerprint density at radius 1 is 1.54 bits per heavy atom. The van der Waals surface area contributed by atoms with Crippen LogP contribution in [0, 0.1) is 23.1 Å². The number of nitrogens with zero attached hydrogens (tertiary/aromatic N) is 3. The van der Waals surface area contributed by atoms with Gasteiger partial charge in [-0.3, -0.25) is 4.79 Å². The topological polar surface area (TPSA) is 94.5 Å². The number of nitriles is 1. The van der Waals surface area contributed by atoms with Crippen molar-refractivity contribution in [3.8, 4) is 6.07 Å². The van der Waals surface area contributed by atoms with Crippen molar-refractivity contribution in [2.75, 3.05) is 19.6 Å². The Morgan fingerprint density at radius 2 is 2.31 bits per heavy atom. The number of amides is 1. The molecule has 0 saturated carbocycles. The first kappa shape index (κ1) is 22.2. The fourth-order valence-corrected chi connectivity index (χ4v) is 3.06. The second kappa shape index (κ2) is 11.0. The van der Waals surface area contributed by atoms with E-state index in [1.165, 1.54) is 18.2 Å². The van der Waals surface area contributed by atoms with Crippen LogP contribution in [0.4, 0.5) is 4.39 Å². The standard InChI is InChI=1S/C18H24FN5O.HI/c1-2-22-18(24-7-3-4-14(12-24)9-17(21)25)23-11-15-8-13(10-20)5-6-16(15)19;/h5-6,8,14H,2-4,7,9,11-12H2,1H3,(H2,21,25)(H,22,23);1H. The minimum absolute atomic E-state index is 0. The third-order valence-corrected chi connectivity index (χ3v) is 4.22. The van der Waals surface area contributed by atoms with Crippen LogP contribution < -0.4 is 11.1 Å². The molecule has 1 aromatic carbocycles. The van der Waals surface area contributed by atoms with Crippen LogP contribution in [0.3, 0.4) is 0 Å². The molecule has 26 heavy (non-hydrogen) atoms. The molecule has 1 amide bonds. The monoisotopic (exact) mass is 473 g/mol. The van der Waals surface area contributed by atoms with E-state index in [0.29, 0.717) is 36.6 Å². The second-order valence-corrected chi connectivity index (χ2v) is 6.21. The van der Waals surface area contributed by atoms with Crippen LogP contribution in [0.25, 0.3) is 0 Å². The third kappa shape index (κ3) is 6.44. The highest BCUT2D eigenvalue weighted by atomic mass is 127. The Morgan fingerprint density at radius 3 is 2.96 bits per heavy atom. The van der Waals surface area contributed by atoms with Gasteiger partial charge < -0.3 is 16.0 Å². The minimum Gasteiger partial charge on any atom is -0.370 e. The van der Waals surface area contributed by atoms with E-state index in [2.05, 4.69) is 15.2 Å². The quantitative estimate of drug-likeness (QED) is 0.390. The molecule has 1 heterocycles. The molecule has 0 bridgehead atoms. The summed E-state index contributed by atoms with van der Waals surface area (Å²) in [6, 6.07) is 6.28. The van der Waals surface area contributed by atoms with Crippen molar-refractivity contribution < 1.29 is 9.18 Å². The molecule has 1 fully saturated rings. The van der Waals surface area contributed by atoms with Gasteiger partial charge >= 0.3 is 0 Å². The number of carbonyl (C=O) groups is 1. The first-order chi connectivity index (χ1) is 12.0. The Labute approximate surface area is 170 Å².